The van der Waals surface area contributed by atoms with Crippen LogP contribution in [0.3, 0.4) is 0 Å². The molecule has 1 atom stereocenters. The van der Waals surface area contributed by atoms with Crippen molar-refractivity contribution in [2.45, 2.75) is 4.95 Å². The summed E-state index contributed by atoms with van der Waals surface area (Å²) < 4.78 is 0. The van der Waals surface area contributed by atoms with Crippen LogP contribution in [-0.2, 0) is 4.79 Å². The molecule has 0 bridgehead atoms. The third-order valence-corrected chi connectivity index (χ3v) is 1.49. The van der Waals surface area contributed by atoms with Gasteiger partial charge in [-0.15, -0.1) is 0 Å². The van der Waals surface area contributed by atoms with Gasteiger partial charge in [0.15, 0.2) is 10.7 Å². The van der Waals surface area contributed by atoms with E-state index in [9.17, 15) is 4.79 Å². The number of hydrogen-bond donors (Lipinski definition) is 0. The summed E-state index contributed by atoms with van der Waals surface area (Å²) in [6.07, 6.45) is 4.72. The maximum atomic E-state index is 10.5. The van der Waals surface area contributed by atoms with Crippen molar-refractivity contribution in [1.29, 1.82) is 0 Å². The number of carbonyl (C=O) groups is 1. The Balaban J connectivity index is 2.74. The van der Waals surface area contributed by atoms with Crippen LogP contribution in [0.4, 0.5) is 0 Å². The highest BCUT2D eigenvalue weighted by Gasteiger charge is 2.09. The Kier molecular flexibility index (Phi) is 1.58. The Morgan fingerprint density at radius 1 is 1.75 bits per heavy atom. The fraction of sp³-hybridized carbons (Fsp3) is 0.200. The number of hydrogen-bond acceptors (Lipinski definition) is 2. The highest BCUT2D eigenvalue weighted by molar-refractivity contribution is 9.10. The van der Waals surface area contributed by atoms with E-state index < -0.39 is 0 Å². The largest absolute Gasteiger partial charge is 0.291 e. The molecule has 1 aliphatic rings. The van der Waals surface area contributed by atoms with Gasteiger partial charge >= 0.3 is 0 Å². The standard InChI is InChI=1S/C5H4BrNO/c6-5-4(8)2-1-3-7-5/h1-3,5H. The zero-order valence-corrected chi connectivity index (χ0v) is 5.63. The molecule has 0 spiro atoms. The maximum Gasteiger partial charge on any atom is 0.190 e. The first-order valence-electron chi connectivity index (χ1n) is 2.18. The van der Waals surface area contributed by atoms with Crippen molar-refractivity contribution in [3.05, 3.63) is 12.2 Å². The number of aliphatic imine (C=N–C) groups is 1. The van der Waals surface area contributed by atoms with Crippen molar-refractivity contribution < 1.29 is 4.79 Å². The van der Waals surface area contributed by atoms with Gasteiger partial charge in [-0.25, -0.2) is 0 Å². The Hall–Kier alpha value is -0.440. The van der Waals surface area contributed by atoms with Gasteiger partial charge in [0.2, 0.25) is 0 Å². The Morgan fingerprint density at radius 2 is 2.50 bits per heavy atom. The van der Waals surface area contributed by atoms with Crippen molar-refractivity contribution in [2.75, 3.05) is 0 Å². The fourth-order valence-corrected chi connectivity index (χ4v) is 0.705. The molecule has 2 nitrogen and oxygen atoms in total. The van der Waals surface area contributed by atoms with Crippen molar-refractivity contribution >= 4 is 27.9 Å². The van der Waals surface area contributed by atoms with Crippen LogP contribution < -0.4 is 0 Å². The molecule has 0 aromatic carbocycles. The summed E-state index contributed by atoms with van der Waals surface area (Å²) in [4.78, 5) is 14.0. The molecule has 0 amide bonds. The van der Waals surface area contributed by atoms with E-state index in [4.69, 9.17) is 0 Å². The lowest BCUT2D eigenvalue weighted by molar-refractivity contribution is -0.113. The van der Waals surface area contributed by atoms with Gasteiger partial charge in [0.1, 0.15) is 0 Å². The van der Waals surface area contributed by atoms with Gasteiger partial charge in [0.05, 0.1) is 0 Å². The zero-order valence-electron chi connectivity index (χ0n) is 4.04. The minimum atomic E-state index is -0.340. The zero-order chi connectivity index (χ0) is 5.98. The lowest BCUT2D eigenvalue weighted by Crippen LogP contribution is -2.10. The molecule has 0 radical (unpaired) electrons. The minimum absolute atomic E-state index is 0.00694. The van der Waals surface area contributed by atoms with Crippen LogP contribution in [0, 0.1) is 0 Å². The second-order valence-corrected chi connectivity index (χ2v) is 2.26. The van der Waals surface area contributed by atoms with E-state index in [-0.39, 0.29) is 10.7 Å². The first-order chi connectivity index (χ1) is 3.80. The lowest BCUT2D eigenvalue weighted by Gasteiger charge is -1.99. The van der Waals surface area contributed by atoms with Gasteiger partial charge in [0.25, 0.3) is 0 Å². The minimum Gasteiger partial charge on any atom is -0.291 e. The summed E-state index contributed by atoms with van der Waals surface area (Å²) in [7, 11) is 0. The summed E-state index contributed by atoms with van der Waals surface area (Å²) in [5.41, 5.74) is 0. The van der Waals surface area contributed by atoms with E-state index in [2.05, 4.69) is 20.9 Å². The van der Waals surface area contributed by atoms with Gasteiger partial charge in [-0.3, -0.25) is 9.79 Å². The molecule has 1 heterocycles. The Bertz CT molecular complexity index is 162. The van der Waals surface area contributed by atoms with Crippen LogP contribution in [0.1, 0.15) is 0 Å². The highest BCUT2D eigenvalue weighted by atomic mass is 79.9. The van der Waals surface area contributed by atoms with E-state index in [1.165, 1.54) is 6.08 Å². The normalized spacial score (nSPS) is 26.6. The summed E-state index contributed by atoms with van der Waals surface area (Å²) >= 11 is 3.05. The molecule has 42 valence electrons. The van der Waals surface area contributed by atoms with Crippen LogP contribution in [0.5, 0.6) is 0 Å². The monoisotopic (exact) mass is 173 g/mol. The van der Waals surface area contributed by atoms with E-state index >= 15 is 0 Å². The van der Waals surface area contributed by atoms with Crippen LogP contribution >= 0.6 is 15.9 Å². The Morgan fingerprint density at radius 3 is 2.88 bits per heavy atom. The molecule has 3 heteroatoms. The van der Waals surface area contributed by atoms with Crippen LogP contribution in [0.25, 0.3) is 0 Å². The van der Waals surface area contributed by atoms with Gasteiger partial charge in [-0.2, -0.15) is 0 Å². The molecule has 0 aromatic heterocycles. The molecule has 0 N–H and O–H groups in total. The number of nitrogens with zero attached hydrogens (tertiary/aromatic N) is 1. The van der Waals surface area contributed by atoms with Crippen molar-refractivity contribution in [3.8, 4) is 0 Å². The number of alkyl halides is 1. The number of carbonyl (C=O) groups excluding carboxylic acids is 1. The molecule has 1 aliphatic heterocycles. The molecule has 0 aromatic rings. The highest BCUT2D eigenvalue weighted by Crippen LogP contribution is 2.05. The number of halogens is 1. The molecular formula is C5H4BrNO. The third kappa shape index (κ3) is 1.04. The summed E-state index contributed by atoms with van der Waals surface area (Å²) in [5, 5.41) is 0. The number of allylic oxidation sites excluding steroid dienone is 1. The topological polar surface area (TPSA) is 29.4 Å². The first-order valence-corrected chi connectivity index (χ1v) is 3.10. The molecule has 8 heavy (non-hydrogen) atoms. The van der Waals surface area contributed by atoms with Crippen LogP contribution in [0.2, 0.25) is 0 Å². The SMILES string of the molecule is O=C1C=CC=NC1Br. The summed E-state index contributed by atoms with van der Waals surface area (Å²) in [6, 6.07) is 0. The van der Waals surface area contributed by atoms with E-state index in [1.54, 1.807) is 12.3 Å². The number of rotatable bonds is 0. The number of ketones is 1. The summed E-state index contributed by atoms with van der Waals surface area (Å²) in [5.74, 6) is 0.00694. The second kappa shape index (κ2) is 2.22. The lowest BCUT2D eigenvalue weighted by atomic mass is 10.3. The molecule has 1 rings (SSSR count). The third-order valence-electron chi connectivity index (χ3n) is 0.798. The van der Waals surface area contributed by atoms with E-state index in [0.717, 1.165) is 0 Å². The molecule has 0 fully saturated rings. The predicted octanol–water partition coefficient (Wildman–Crippen LogP) is 0.917. The van der Waals surface area contributed by atoms with Crippen LogP contribution in [0.15, 0.2) is 17.1 Å². The second-order valence-electron chi connectivity index (χ2n) is 1.40. The summed E-state index contributed by atoms with van der Waals surface area (Å²) in [6.45, 7) is 0. The van der Waals surface area contributed by atoms with Gasteiger partial charge in [0, 0.05) is 6.21 Å². The average molecular weight is 174 g/mol. The molecule has 0 saturated heterocycles. The molecular weight excluding hydrogens is 170 g/mol. The van der Waals surface area contributed by atoms with Gasteiger partial charge in [-0.1, -0.05) is 15.9 Å². The Labute approximate surface area is 55.4 Å². The smallest absolute Gasteiger partial charge is 0.190 e. The molecule has 0 saturated carbocycles. The van der Waals surface area contributed by atoms with Gasteiger partial charge in [-0.05, 0) is 12.2 Å². The van der Waals surface area contributed by atoms with Crippen LogP contribution in [-0.4, -0.2) is 16.9 Å². The van der Waals surface area contributed by atoms with Crippen molar-refractivity contribution in [1.82, 2.24) is 0 Å². The van der Waals surface area contributed by atoms with Crippen molar-refractivity contribution in [2.24, 2.45) is 4.99 Å². The first kappa shape index (κ1) is 5.69. The number of dihydropyridines is 1. The van der Waals surface area contributed by atoms with Gasteiger partial charge < -0.3 is 0 Å². The van der Waals surface area contributed by atoms with E-state index in [1.807, 2.05) is 0 Å². The average Bonchev–Trinajstić information content (AvgIpc) is 1.77. The molecule has 0 aliphatic carbocycles. The van der Waals surface area contributed by atoms with Crippen molar-refractivity contribution in [3.63, 3.8) is 0 Å². The molecule has 1 unspecified atom stereocenters. The fourth-order valence-electron chi connectivity index (χ4n) is 0.416. The van der Waals surface area contributed by atoms with E-state index in [0.29, 0.717) is 0 Å². The maximum absolute atomic E-state index is 10.5. The predicted molar refractivity (Wildman–Crippen MR) is 35.4 cm³/mol. The quantitative estimate of drug-likeness (QED) is 0.396.